The van der Waals surface area contributed by atoms with Crippen LogP contribution in [0.5, 0.6) is 17.4 Å². The number of aromatic nitrogens is 5. The van der Waals surface area contributed by atoms with Crippen LogP contribution in [0.15, 0.2) is 61.1 Å². The second-order valence-electron chi connectivity index (χ2n) is 5.97. The van der Waals surface area contributed by atoms with Gasteiger partial charge >= 0.3 is 7.32 Å². The van der Waals surface area contributed by atoms with Gasteiger partial charge < -0.3 is 14.0 Å². The van der Waals surface area contributed by atoms with Crippen LogP contribution in [0.1, 0.15) is 0 Å². The van der Waals surface area contributed by atoms with E-state index in [9.17, 15) is 0 Å². The summed E-state index contributed by atoms with van der Waals surface area (Å²) < 4.78 is 19.0. The minimum Gasteiger partial charge on any atom is -0.486 e. The second-order valence-corrected chi connectivity index (χ2v) is 5.97. The van der Waals surface area contributed by atoms with Crippen molar-refractivity contribution in [2.24, 2.45) is 0 Å². The first-order valence-corrected chi connectivity index (χ1v) is 8.34. The highest BCUT2D eigenvalue weighted by atomic mass is 16.8. The Kier molecular flexibility index (Phi) is 2.81. The van der Waals surface area contributed by atoms with Gasteiger partial charge in [0.05, 0.1) is 17.0 Å². The second kappa shape index (κ2) is 5.31. The molecule has 0 aromatic carbocycles. The lowest BCUT2D eigenvalue weighted by molar-refractivity contribution is 0.347. The molecule has 8 nitrogen and oxygen atoms in total. The van der Waals surface area contributed by atoms with E-state index in [2.05, 4.69) is 15.0 Å². The summed E-state index contributed by atoms with van der Waals surface area (Å²) in [6, 6.07) is 13.1. The topological polar surface area (TPSA) is 84.2 Å². The van der Waals surface area contributed by atoms with Crippen LogP contribution in [0, 0.1) is 0 Å². The van der Waals surface area contributed by atoms with Crippen LogP contribution < -0.4 is 14.0 Å². The van der Waals surface area contributed by atoms with E-state index in [0.29, 0.717) is 45.8 Å². The molecule has 2 aliphatic heterocycles. The first-order chi connectivity index (χ1) is 13.4. The van der Waals surface area contributed by atoms with Crippen LogP contribution in [0.25, 0.3) is 28.5 Å². The molecule has 2 aliphatic rings. The van der Waals surface area contributed by atoms with Crippen molar-refractivity contribution in [2.75, 3.05) is 0 Å². The fourth-order valence-corrected chi connectivity index (χ4v) is 3.22. The first kappa shape index (κ1) is 14.3. The van der Waals surface area contributed by atoms with Gasteiger partial charge in [-0.15, -0.1) is 0 Å². The molecule has 4 aromatic heterocycles. The molecule has 0 aliphatic carbocycles. The normalized spacial score (nSPS) is 13.3. The predicted molar refractivity (Wildman–Crippen MR) is 95.5 cm³/mol. The van der Waals surface area contributed by atoms with Gasteiger partial charge in [0.2, 0.25) is 11.7 Å². The third-order valence-electron chi connectivity index (χ3n) is 4.37. The zero-order valence-corrected chi connectivity index (χ0v) is 13.8. The summed E-state index contributed by atoms with van der Waals surface area (Å²) >= 11 is 0. The van der Waals surface area contributed by atoms with E-state index in [1.54, 1.807) is 29.3 Å². The molecular formula is C18H10BN5O3. The van der Waals surface area contributed by atoms with E-state index in [1.807, 2.05) is 36.4 Å². The average molecular weight is 355 g/mol. The Morgan fingerprint density at radius 3 is 2.37 bits per heavy atom. The van der Waals surface area contributed by atoms with Gasteiger partial charge in [0.15, 0.2) is 11.5 Å². The largest absolute Gasteiger partial charge is 0.865 e. The van der Waals surface area contributed by atoms with Crippen molar-refractivity contribution in [3.63, 3.8) is 0 Å². The molecule has 128 valence electrons. The molecule has 0 atom stereocenters. The highest BCUT2D eigenvalue weighted by Gasteiger charge is 2.45. The van der Waals surface area contributed by atoms with Crippen molar-refractivity contribution in [1.29, 1.82) is 0 Å². The maximum atomic E-state index is 6.00. The number of pyridine rings is 3. The average Bonchev–Trinajstić information content (AvgIpc) is 3.26. The SMILES string of the molecule is c1ccc(-c2nn3c(c2-c2ccccn2)OB2Oc4ccnc-3c4O2)nc1. The van der Waals surface area contributed by atoms with Crippen LogP contribution >= 0.6 is 0 Å². The number of rotatable bonds is 2. The Morgan fingerprint density at radius 1 is 0.778 bits per heavy atom. The zero-order valence-electron chi connectivity index (χ0n) is 13.8. The van der Waals surface area contributed by atoms with Gasteiger partial charge in [-0.25, -0.2) is 4.98 Å². The minimum absolute atomic E-state index is 0.447. The molecule has 0 amide bonds. The lowest BCUT2D eigenvalue weighted by atomic mass is 10.1. The van der Waals surface area contributed by atoms with Crippen molar-refractivity contribution in [3.8, 4) is 45.8 Å². The van der Waals surface area contributed by atoms with Crippen molar-refractivity contribution >= 4 is 7.32 Å². The highest BCUT2D eigenvalue weighted by molar-refractivity contribution is 6.41. The van der Waals surface area contributed by atoms with E-state index in [1.165, 1.54) is 0 Å². The maximum absolute atomic E-state index is 6.00. The smallest absolute Gasteiger partial charge is 0.486 e. The van der Waals surface area contributed by atoms with Gasteiger partial charge in [-0.2, -0.15) is 9.78 Å². The lowest BCUT2D eigenvalue weighted by Crippen LogP contribution is -2.32. The Bertz CT molecular complexity index is 1170. The molecule has 0 unspecified atom stereocenters. The van der Waals surface area contributed by atoms with Gasteiger partial charge in [0, 0.05) is 24.7 Å². The first-order valence-electron chi connectivity index (χ1n) is 8.34. The van der Waals surface area contributed by atoms with Crippen molar-refractivity contribution in [1.82, 2.24) is 24.7 Å². The summed E-state index contributed by atoms with van der Waals surface area (Å²) in [5, 5.41) is 4.75. The third-order valence-corrected chi connectivity index (χ3v) is 4.37. The molecule has 0 saturated heterocycles. The van der Waals surface area contributed by atoms with Crippen molar-refractivity contribution < 1.29 is 14.0 Å². The monoisotopic (exact) mass is 355 g/mol. The molecule has 6 rings (SSSR count). The summed E-state index contributed by atoms with van der Waals surface area (Å²) in [6.07, 6.45) is 5.09. The van der Waals surface area contributed by atoms with E-state index in [0.717, 1.165) is 0 Å². The van der Waals surface area contributed by atoms with Crippen molar-refractivity contribution in [3.05, 3.63) is 61.1 Å². The van der Waals surface area contributed by atoms with Crippen LogP contribution in [0.4, 0.5) is 0 Å². The molecular weight excluding hydrogens is 345 g/mol. The van der Waals surface area contributed by atoms with Gasteiger partial charge in [-0.1, -0.05) is 12.1 Å². The summed E-state index contributed by atoms with van der Waals surface area (Å²) in [6.45, 7) is 0. The van der Waals surface area contributed by atoms with Gasteiger partial charge in [-0.3, -0.25) is 9.97 Å². The van der Waals surface area contributed by atoms with Crippen LogP contribution in [-0.2, 0) is 0 Å². The molecule has 9 heteroatoms. The summed E-state index contributed by atoms with van der Waals surface area (Å²) in [4.78, 5) is 13.4. The van der Waals surface area contributed by atoms with Gasteiger partial charge in [0.1, 0.15) is 5.69 Å². The minimum atomic E-state index is -0.903. The standard InChI is InChI=1S/C18H10BN5O3/c1-3-8-20-11(5-1)14-15(12-6-2-4-9-21-12)23-24-17-16-13(7-10-22-17)25-19(26-16)27-18(14)24/h1-10H. The number of fused-ring (bicyclic) bond motifs is 3. The van der Waals surface area contributed by atoms with E-state index >= 15 is 0 Å². The summed E-state index contributed by atoms with van der Waals surface area (Å²) in [5.41, 5.74) is 2.76. The molecule has 0 N–H and O–H groups in total. The molecule has 6 heterocycles. The van der Waals surface area contributed by atoms with E-state index < -0.39 is 7.32 Å². The van der Waals surface area contributed by atoms with E-state index in [4.69, 9.17) is 19.1 Å². The molecule has 2 bridgehead atoms. The predicted octanol–water partition coefficient (Wildman–Crippen LogP) is 2.54. The Hall–Kier alpha value is -3.88. The fraction of sp³-hybridized carbons (Fsp3) is 0. The summed E-state index contributed by atoms with van der Waals surface area (Å²) in [7, 11) is -0.903. The number of hydrogen-bond donors (Lipinski definition) is 0. The fourth-order valence-electron chi connectivity index (χ4n) is 3.22. The number of hydrogen-bond acceptors (Lipinski definition) is 7. The summed E-state index contributed by atoms with van der Waals surface area (Å²) in [5.74, 6) is 2.03. The lowest BCUT2D eigenvalue weighted by Gasteiger charge is -2.11. The van der Waals surface area contributed by atoms with Gasteiger partial charge in [-0.05, 0) is 24.3 Å². The molecule has 0 radical (unpaired) electrons. The number of nitrogens with zero attached hydrogens (tertiary/aromatic N) is 5. The van der Waals surface area contributed by atoms with Gasteiger partial charge in [0.25, 0.3) is 0 Å². The highest BCUT2D eigenvalue weighted by Crippen LogP contribution is 2.46. The molecule has 0 spiro atoms. The molecule has 27 heavy (non-hydrogen) atoms. The molecule has 4 aromatic rings. The zero-order chi connectivity index (χ0) is 17.8. The van der Waals surface area contributed by atoms with Crippen LogP contribution in [0.3, 0.4) is 0 Å². The Balaban J connectivity index is 1.69. The quantitative estimate of drug-likeness (QED) is 0.511. The molecule has 0 fully saturated rings. The van der Waals surface area contributed by atoms with Crippen LogP contribution in [-0.4, -0.2) is 32.1 Å². The van der Waals surface area contributed by atoms with E-state index in [-0.39, 0.29) is 0 Å². The maximum Gasteiger partial charge on any atom is 0.865 e. The molecule has 0 saturated carbocycles. The third kappa shape index (κ3) is 2.05. The Morgan fingerprint density at radius 2 is 1.59 bits per heavy atom. The Labute approximate surface area is 153 Å². The van der Waals surface area contributed by atoms with Crippen molar-refractivity contribution in [2.45, 2.75) is 0 Å². The van der Waals surface area contributed by atoms with Crippen LogP contribution in [0.2, 0.25) is 0 Å².